The Morgan fingerprint density at radius 2 is 1.69 bits per heavy atom. The summed E-state index contributed by atoms with van der Waals surface area (Å²) in [5.41, 5.74) is 2.12. The molecule has 1 amide bonds. The van der Waals surface area contributed by atoms with E-state index in [2.05, 4.69) is 9.55 Å². The third-order valence-electron chi connectivity index (χ3n) is 8.78. The normalized spacial score (nSPS) is 23.9. The van der Waals surface area contributed by atoms with Crippen molar-refractivity contribution in [3.05, 3.63) is 71.8 Å². The number of piperidine rings is 1. The van der Waals surface area contributed by atoms with Crippen molar-refractivity contribution in [2.24, 2.45) is 0 Å². The number of carbonyl (C=O) groups is 1. The fourth-order valence-electron chi connectivity index (χ4n) is 7.02. The van der Waals surface area contributed by atoms with Gasteiger partial charge in [-0.15, -0.1) is 0 Å². The maximum Gasteiger partial charge on any atom is 0.249 e. The molecule has 2 bridgehead atoms. The predicted molar refractivity (Wildman–Crippen MR) is 156 cm³/mol. The fraction of sp³-hybridized carbons (Fsp3) is 0.484. The summed E-state index contributed by atoms with van der Waals surface area (Å²) in [7, 11) is -2.29. The number of methoxy groups -OCH3 is 1. The van der Waals surface area contributed by atoms with Crippen LogP contribution in [0.15, 0.2) is 59.9 Å². The minimum atomic E-state index is -3.86. The van der Waals surface area contributed by atoms with Crippen LogP contribution >= 0.6 is 0 Å². The molecular weight excluding hydrogens is 556 g/mol. The van der Waals surface area contributed by atoms with Gasteiger partial charge in [0, 0.05) is 62.3 Å². The lowest BCUT2D eigenvalue weighted by Gasteiger charge is -2.39. The van der Waals surface area contributed by atoms with Crippen LogP contribution < -0.4 is 9.47 Å². The Bertz CT molecular complexity index is 1500. The van der Waals surface area contributed by atoms with Crippen molar-refractivity contribution in [1.29, 1.82) is 0 Å². The number of hydrogen-bond acceptors (Lipinski definition) is 7. The number of fused-ring (bicyclic) bond motifs is 3. The number of sulfonamides is 1. The Morgan fingerprint density at radius 3 is 2.36 bits per heavy atom. The highest BCUT2D eigenvalue weighted by molar-refractivity contribution is 7.89. The number of amides is 1. The van der Waals surface area contributed by atoms with Crippen LogP contribution in [0.2, 0.25) is 0 Å². The third-order valence-corrected chi connectivity index (χ3v) is 11.0. The molecule has 10 nitrogen and oxygen atoms in total. The topological polar surface area (TPSA) is 103 Å². The average Bonchev–Trinajstić information content (AvgIpc) is 3.55. The maximum atomic E-state index is 14.1. The number of benzene rings is 1. The second-order valence-electron chi connectivity index (χ2n) is 11.4. The van der Waals surface area contributed by atoms with Gasteiger partial charge in [-0.25, -0.2) is 8.42 Å². The highest BCUT2D eigenvalue weighted by atomic mass is 32.2. The first-order chi connectivity index (χ1) is 20.3. The lowest BCUT2D eigenvalue weighted by molar-refractivity contribution is -0.142. The van der Waals surface area contributed by atoms with Crippen molar-refractivity contribution in [1.82, 2.24) is 18.8 Å². The van der Waals surface area contributed by atoms with Crippen LogP contribution in [-0.2, 0) is 26.1 Å². The number of aromatic nitrogens is 2. The van der Waals surface area contributed by atoms with Crippen molar-refractivity contribution in [3.8, 4) is 11.5 Å². The van der Waals surface area contributed by atoms with Gasteiger partial charge in [0.15, 0.2) is 0 Å². The number of hydrogen-bond donors (Lipinski definition) is 0. The SMILES string of the molecule is COc1cc(C)c(S(=O)(=O)N2CCn3cccc3C2COCC(=O)N2C3CCC2CC(Oc2ccncc2)C3)c(C)c1. The van der Waals surface area contributed by atoms with Gasteiger partial charge in [0.25, 0.3) is 0 Å². The molecule has 2 saturated heterocycles. The summed E-state index contributed by atoms with van der Waals surface area (Å²) in [5.74, 6) is 1.37. The zero-order valence-electron chi connectivity index (χ0n) is 24.3. The quantitative estimate of drug-likeness (QED) is 0.371. The van der Waals surface area contributed by atoms with Crippen molar-refractivity contribution >= 4 is 15.9 Å². The van der Waals surface area contributed by atoms with Gasteiger partial charge < -0.3 is 23.7 Å². The average molecular weight is 595 g/mol. The lowest BCUT2D eigenvalue weighted by atomic mass is 9.99. The van der Waals surface area contributed by atoms with Gasteiger partial charge in [-0.05, 0) is 74.2 Å². The van der Waals surface area contributed by atoms with Crippen LogP contribution in [0.4, 0.5) is 0 Å². The van der Waals surface area contributed by atoms with Gasteiger partial charge in [0.2, 0.25) is 15.9 Å². The van der Waals surface area contributed by atoms with Crippen LogP contribution in [0, 0.1) is 13.8 Å². The van der Waals surface area contributed by atoms with E-state index in [0.717, 1.165) is 37.1 Å². The van der Waals surface area contributed by atoms with Gasteiger partial charge in [-0.2, -0.15) is 4.31 Å². The molecule has 42 heavy (non-hydrogen) atoms. The molecule has 0 radical (unpaired) electrons. The van der Waals surface area contributed by atoms with Crippen molar-refractivity contribution in [2.75, 3.05) is 26.9 Å². The monoisotopic (exact) mass is 594 g/mol. The van der Waals surface area contributed by atoms with E-state index < -0.39 is 16.1 Å². The van der Waals surface area contributed by atoms with Crippen LogP contribution in [0.5, 0.6) is 11.5 Å². The smallest absolute Gasteiger partial charge is 0.249 e. The van der Waals surface area contributed by atoms with Crippen molar-refractivity contribution < 1.29 is 27.4 Å². The highest BCUT2D eigenvalue weighted by Crippen LogP contribution is 2.38. The van der Waals surface area contributed by atoms with Gasteiger partial charge in [0.1, 0.15) is 24.2 Å². The molecule has 2 fully saturated rings. The number of rotatable bonds is 9. The molecular formula is C31H38N4O6S. The zero-order chi connectivity index (χ0) is 29.4. The molecule has 3 aliphatic heterocycles. The molecule has 5 heterocycles. The van der Waals surface area contributed by atoms with Crippen LogP contribution in [-0.4, -0.2) is 78.1 Å². The minimum Gasteiger partial charge on any atom is -0.497 e. The van der Waals surface area contributed by atoms with Crippen LogP contribution in [0.25, 0.3) is 0 Å². The Labute approximate surface area is 247 Å². The van der Waals surface area contributed by atoms with Crippen molar-refractivity contribution in [3.63, 3.8) is 0 Å². The van der Waals surface area contributed by atoms with Gasteiger partial charge in [0.05, 0.1) is 24.7 Å². The van der Waals surface area contributed by atoms with Crippen molar-refractivity contribution in [2.45, 2.75) is 75.2 Å². The predicted octanol–water partition coefficient (Wildman–Crippen LogP) is 3.87. The summed E-state index contributed by atoms with van der Waals surface area (Å²) in [6.45, 7) is 4.43. The number of nitrogens with zero attached hydrogens (tertiary/aromatic N) is 4. The fourth-order valence-corrected chi connectivity index (χ4v) is 9.02. The molecule has 224 valence electrons. The number of carbonyl (C=O) groups excluding carboxylic acids is 1. The van der Waals surface area contributed by atoms with E-state index in [-0.39, 0.29) is 42.2 Å². The summed E-state index contributed by atoms with van der Waals surface area (Å²) in [4.78, 5) is 19.7. The molecule has 3 aliphatic rings. The van der Waals surface area contributed by atoms with E-state index in [1.165, 1.54) is 4.31 Å². The summed E-state index contributed by atoms with van der Waals surface area (Å²) in [5, 5.41) is 0. The van der Waals surface area contributed by atoms with Crippen LogP contribution in [0.1, 0.15) is 48.5 Å². The first kappa shape index (κ1) is 28.7. The Morgan fingerprint density at radius 1 is 1.00 bits per heavy atom. The maximum absolute atomic E-state index is 14.1. The lowest BCUT2D eigenvalue weighted by Crippen LogP contribution is -2.50. The largest absolute Gasteiger partial charge is 0.497 e. The second kappa shape index (κ2) is 11.7. The molecule has 0 spiro atoms. The van der Waals surface area contributed by atoms with E-state index in [4.69, 9.17) is 14.2 Å². The molecule has 1 aromatic carbocycles. The molecule has 2 aromatic heterocycles. The van der Waals surface area contributed by atoms with Gasteiger partial charge >= 0.3 is 0 Å². The van der Waals surface area contributed by atoms with E-state index >= 15 is 0 Å². The van der Waals surface area contributed by atoms with Crippen LogP contribution in [0.3, 0.4) is 0 Å². The highest BCUT2D eigenvalue weighted by Gasteiger charge is 2.44. The summed E-state index contributed by atoms with van der Waals surface area (Å²) in [6, 6.07) is 10.7. The molecule has 6 rings (SSSR count). The molecule has 3 aromatic rings. The molecule has 0 N–H and O–H groups in total. The minimum absolute atomic E-state index is 0.0488. The second-order valence-corrected chi connectivity index (χ2v) is 13.3. The first-order valence-electron chi connectivity index (χ1n) is 14.5. The number of aryl methyl sites for hydroxylation is 2. The molecule has 0 aliphatic carbocycles. The van der Waals surface area contributed by atoms with E-state index in [1.807, 2.05) is 35.4 Å². The summed E-state index contributed by atoms with van der Waals surface area (Å²) >= 11 is 0. The Kier molecular flexibility index (Phi) is 7.99. The molecule has 0 saturated carbocycles. The standard InChI is InChI=1S/C31H38N4O6S/c1-21-15-26(39-3)16-22(2)31(21)42(37,38)34-14-13-33-12-4-5-28(33)29(34)19-40-20-30(36)35-23-6-7-24(35)18-27(17-23)41-25-8-10-32-11-9-25/h4-5,8-12,15-16,23-24,27,29H,6-7,13-14,17-20H2,1-3H3. The third kappa shape index (κ3) is 5.41. The first-order valence-corrected chi connectivity index (χ1v) is 16.0. The molecule has 3 unspecified atom stereocenters. The van der Waals surface area contributed by atoms with E-state index in [9.17, 15) is 13.2 Å². The van der Waals surface area contributed by atoms with E-state index in [1.54, 1.807) is 45.5 Å². The van der Waals surface area contributed by atoms with Gasteiger partial charge in [-0.3, -0.25) is 9.78 Å². The Balaban J connectivity index is 1.14. The van der Waals surface area contributed by atoms with E-state index in [0.29, 0.717) is 30.0 Å². The molecule has 11 heteroatoms. The molecule has 3 atom stereocenters. The zero-order valence-corrected chi connectivity index (χ0v) is 25.1. The van der Waals surface area contributed by atoms with Gasteiger partial charge in [-0.1, -0.05) is 0 Å². The number of ether oxygens (including phenoxy) is 3. The Hall–Kier alpha value is -3.41. The summed E-state index contributed by atoms with van der Waals surface area (Å²) in [6.07, 6.45) is 8.93. The summed E-state index contributed by atoms with van der Waals surface area (Å²) < 4.78 is 49.4. The number of pyridine rings is 1.